The molecule has 0 saturated heterocycles. The van der Waals surface area contributed by atoms with Gasteiger partial charge in [-0.3, -0.25) is 0 Å². The predicted octanol–water partition coefficient (Wildman–Crippen LogP) is 3.33. The highest BCUT2D eigenvalue weighted by atomic mass is 32.1. The molecule has 1 atom stereocenters. The number of aliphatic imine (C=N–C) groups is 1. The van der Waals surface area contributed by atoms with Gasteiger partial charge in [0, 0.05) is 4.91 Å². The molecule has 0 spiro atoms. The molecule has 0 N–H and O–H groups in total. The molecule has 18 heavy (non-hydrogen) atoms. The molecule has 0 aliphatic rings. The average Bonchev–Trinajstić information content (AvgIpc) is 2.37. The molecule has 0 saturated carbocycles. The number of hydrogen-bond acceptors (Lipinski definition) is 5. The van der Waals surface area contributed by atoms with Crippen LogP contribution in [0.2, 0.25) is 0 Å². The van der Waals surface area contributed by atoms with E-state index in [1.807, 2.05) is 6.07 Å². The molecule has 7 heteroatoms. The summed E-state index contributed by atoms with van der Waals surface area (Å²) in [5.74, 6) is 1.06. The second-order valence-corrected chi connectivity index (χ2v) is 3.50. The van der Waals surface area contributed by atoms with E-state index in [0.29, 0.717) is 18.0 Å². The van der Waals surface area contributed by atoms with E-state index in [0.717, 1.165) is 5.56 Å². The van der Waals surface area contributed by atoms with Gasteiger partial charge in [-0.25, -0.2) is 4.99 Å². The van der Waals surface area contributed by atoms with E-state index < -0.39 is 6.23 Å². The minimum Gasteiger partial charge on any atom is -0.493 e. The van der Waals surface area contributed by atoms with Gasteiger partial charge in [-0.15, -0.1) is 0 Å². The van der Waals surface area contributed by atoms with Crippen molar-refractivity contribution in [2.45, 2.75) is 19.7 Å². The van der Waals surface area contributed by atoms with Crippen molar-refractivity contribution in [1.82, 2.24) is 0 Å². The van der Waals surface area contributed by atoms with Crippen LogP contribution in [0.3, 0.4) is 0 Å². The monoisotopic (exact) mass is 264 g/mol. The molecule has 0 aromatic heterocycles. The summed E-state index contributed by atoms with van der Waals surface area (Å²) in [5, 5.41) is 5.73. The number of methoxy groups -OCH3 is 1. The zero-order chi connectivity index (χ0) is 13.4. The van der Waals surface area contributed by atoms with Crippen LogP contribution in [-0.2, 0) is 6.54 Å². The van der Waals surface area contributed by atoms with Crippen molar-refractivity contribution in [2.24, 2.45) is 10.1 Å². The summed E-state index contributed by atoms with van der Waals surface area (Å²) in [6, 6.07) is 5.35. The van der Waals surface area contributed by atoms with E-state index in [-0.39, 0.29) is 0 Å². The second-order valence-electron chi connectivity index (χ2n) is 3.31. The fraction of sp³-hybridized carbons (Fsp3) is 0.364. The van der Waals surface area contributed by atoms with Gasteiger partial charge in [-0.05, 0) is 42.4 Å². The Kier molecular flexibility index (Phi) is 5.67. The predicted molar refractivity (Wildman–Crippen MR) is 71.0 cm³/mol. The Hall–Kier alpha value is -2.07. The molecule has 1 rings (SSSR count). The summed E-state index contributed by atoms with van der Waals surface area (Å²) in [6.45, 7) is 2.08. The van der Waals surface area contributed by atoms with Crippen LogP contribution in [0.5, 0.6) is 11.5 Å². The van der Waals surface area contributed by atoms with Gasteiger partial charge in [0.1, 0.15) is 0 Å². The third kappa shape index (κ3) is 4.07. The van der Waals surface area contributed by atoms with Gasteiger partial charge in [-0.2, -0.15) is 0 Å². The van der Waals surface area contributed by atoms with Gasteiger partial charge in [0.05, 0.1) is 18.8 Å². The van der Waals surface area contributed by atoms with Crippen LogP contribution in [0.15, 0.2) is 28.3 Å². The van der Waals surface area contributed by atoms with Gasteiger partial charge in [0.15, 0.2) is 17.7 Å². The van der Waals surface area contributed by atoms with Gasteiger partial charge >= 0.3 is 0 Å². The summed E-state index contributed by atoms with van der Waals surface area (Å²) in [6.07, 6.45) is -0.603. The lowest BCUT2D eigenvalue weighted by molar-refractivity contribution is 0.219. The molecule has 1 unspecified atom stereocenters. The van der Waals surface area contributed by atoms with Crippen LogP contribution >= 0.6 is 12.2 Å². The molecule has 94 valence electrons. The fourth-order valence-electron chi connectivity index (χ4n) is 1.31. The summed E-state index contributed by atoms with van der Waals surface area (Å²) in [7, 11) is 1.53. The highest BCUT2D eigenvalue weighted by Crippen LogP contribution is 2.29. The molecule has 0 bridgehead atoms. The summed E-state index contributed by atoms with van der Waals surface area (Å²) < 4.78 is 10.6. The van der Waals surface area contributed by atoms with Crippen molar-refractivity contribution in [3.63, 3.8) is 0 Å². The average molecular weight is 264 g/mol. The highest BCUT2D eigenvalue weighted by Gasteiger charge is 2.08. The van der Waals surface area contributed by atoms with Gasteiger partial charge < -0.3 is 9.47 Å². The SMILES string of the molecule is COc1cc(CN=C=S)ccc1OC(C)N=[N+]=[N-]. The second kappa shape index (κ2) is 7.29. The highest BCUT2D eigenvalue weighted by molar-refractivity contribution is 7.78. The molecule has 0 aliphatic carbocycles. The molecule has 0 radical (unpaired) electrons. The number of thiocarbonyl (C=S) groups is 1. The molecule has 0 heterocycles. The number of hydrogen-bond donors (Lipinski definition) is 0. The van der Waals surface area contributed by atoms with Crippen molar-refractivity contribution in [2.75, 3.05) is 7.11 Å². The van der Waals surface area contributed by atoms with Crippen molar-refractivity contribution in [1.29, 1.82) is 0 Å². The number of benzene rings is 1. The minimum absolute atomic E-state index is 0.437. The largest absolute Gasteiger partial charge is 0.493 e. The standard InChI is InChI=1S/C11H12N4O2S/c1-8(14-15-12)17-10-4-3-9(6-13-7-18)5-11(10)16-2/h3-5,8H,6H2,1-2H3. The third-order valence-electron chi connectivity index (χ3n) is 2.07. The number of azide groups is 1. The molecule has 0 aliphatic heterocycles. The van der Waals surface area contributed by atoms with E-state index in [4.69, 9.17) is 15.0 Å². The normalized spacial score (nSPS) is 10.8. The molecule has 0 fully saturated rings. The van der Waals surface area contributed by atoms with E-state index in [2.05, 4.69) is 32.4 Å². The van der Waals surface area contributed by atoms with Gasteiger partial charge in [0.2, 0.25) is 0 Å². The van der Waals surface area contributed by atoms with Crippen LogP contribution in [0.1, 0.15) is 12.5 Å². The summed E-state index contributed by atoms with van der Waals surface area (Å²) >= 11 is 4.51. The Morgan fingerprint density at radius 3 is 2.89 bits per heavy atom. The van der Waals surface area contributed by atoms with E-state index >= 15 is 0 Å². The first kappa shape index (κ1) is 14.0. The number of ether oxygens (including phenoxy) is 2. The molecule has 6 nitrogen and oxygen atoms in total. The van der Waals surface area contributed by atoms with Crippen molar-refractivity contribution >= 4 is 17.4 Å². The molecule has 0 amide bonds. The van der Waals surface area contributed by atoms with Gasteiger partial charge in [0.25, 0.3) is 0 Å². The van der Waals surface area contributed by atoms with Crippen LogP contribution in [-0.4, -0.2) is 18.5 Å². The topological polar surface area (TPSA) is 79.6 Å². The number of rotatable bonds is 6. The lowest BCUT2D eigenvalue weighted by atomic mass is 10.2. The quantitative estimate of drug-likeness (QED) is 0.260. The Morgan fingerprint density at radius 2 is 2.28 bits per heavy atom. The van der Waals surface area contributed by atoms with E-state index in [1.54, 1.807) is 19.1 Å². The first-order valence-corrected chi connectivity index (χ1v) is 5.53. The van der Waals surface area contributed by atoms with Crippen LogP contribution in [0.25, 0.3) is 10.4 Å². The van der Waals surface area contributed by atoms with Crippen molar-refractivity contribution in [3.05, 3.63) is 34.2 Å². The smallest absolute Gasteiger partial charge is 0.175 e. The zero-order valence-electron chi connectivity index (χ0n) is 10.0. The lowest BCUT2D eigenvalue weighted by Gasteiger charge is -2.13. The van der Waals surface area contributed by atoms with Crippen molar-refractivity contribution < 1.29 is 9.47 Å². The molecular weight excluding hydrogens is 252 g/mol. The summed E-state index contributed by atoms with van der Waals surface area (Å²) in [5.41, 5.74) is 9.22. The zero-order valence-corrected chi connectivity index (χ0v) is 10.8. The first-order chi connectivity index (χ1) is 8.71. The molecule has 1 aromatic carbocycles. The van der Waals surface area contributed by atoms with Crippen LogP contribution in [0, 0.1) is 0 Å². The van der Waals surface area contributed by atoms with E-state index in [1.165, 1.54) is 7.11 Å². The minimum atomic E-state index is -0.603. The maximum Gasteiger partial charge on any atom is 0.175 e. The molecular formula is C11H12N4O2S. The maximum absolute atomic E-state index is 8.30. The first-order valence-electron chi connectivity index (χ1n) is 5.12. The van der Waals surface area contributed by atoms with Crippen LogP contribution < -0.4 is 9.47 Å². The summed E-state index contributed by atoms with van der Waals surface area (Å²) in [4.78, 5) is 6.51. The number of nitrogens with zero attached hydrogens (tertiary/aromatic N) is 4. The number of isothiocyanates is 1. The lowest BCUT2D eigenvalue weighted by Crippen LogP contribution is -2.08. The third-order valence-corrected chi connectivity index (χ3v) is 2.20. The molecule has 1 aromatic rings. The Bertz CT molecular complexity index is 508. The maximum atomic E-state index is 8.30. The van der Waals surface area contributed by atoms with Crippen molar-refractivity contribution in [3.8, 4) is 11.5 Å². The Labute approximate surface area is 110 Å². The fourth-order valence-corrected chi connectivity index (χ4v) is 1.38. The Morgan fingerprint density at radius 1 is 1.50 bits per heavy atom. The van der Waals surface area contributed by atoms with Gasteiger partial charge in [-0.1, -0.05) is 11.2 Å². The van der Waals surface area contributed by atoms with E-state index in [9.17, 15) is 0 Å². The Balaban J connectivity index is 2.92. The van der Waals surface area contributed by atoms with Crippen LogP contribution in [0.4, 0.5) is 0 Å².